The first-order chi connectivity index (χ1) is 10.6. The average Bonchev–Trinajstić information content (AvgIpc) is 2.52. The lowest BCUT2D eigenvalue weighted by atomic mass is 10.1. The first-order valence-corrected chi connectivity index (χ1v) is 6.72. The maximum atomic E-state index is 12.9. The van der Waals surface area contributed by atoms with E-state index in [1.807, 2.05) is 0 Å². The Morgan fingerprint density at radius 2 is 1.91 bits per heavy atom. The predicted octanol–water partition coefficient (Wildman–Crippen LogP) is 2.34. The zero-order valence-corrected chi connectivity index (χ0v) is 11.8. The van der Waals surface area contributed by atoms with E-state index in [1.54, 1.807) is 24.5 Å². The molecule has 2 aromatic rings. The lowest BCUT2D eigenvalue weighted by Crippen LogP contribution is -2.32. The van der Waals surface area contributed by atoms with E-state index in [1.165, 1.54) is 29.2 Å². The molecule has 0 atom stereocenters. The van der Waals surface area contributed by atoms with Gasteiger partial charge in [0.05, 0.1) is 6.42 Å². The number of pyridine rings is 1. The number of hydrogen-bond acceptors (Lipinski definition) is 3. The monoisotopic (exact) mass is 302 g/mol. The third-order valence-electron chi connectivity index (χ3n) is 3.07. The molecule has 1 heterocycles. The van der Waals surface area contributed by atoms with Crippen LogP contribution in [0, 0.1) is 5.82 Å². The van der Waals surface area contributed by atoms with E-state index in [0.29, 0.717) is 5.56 Å². The van der Waals surface area contributed by atoms with Crippen molar-refractivity contribution in [3.63, 3.8) is 0 Å². The average molecular weight is 302 g/mol. The fourth-order valence-electron chi connectivity index (χ4n) is 1.97. The Balaban J connectivity index is 2.17. The Morgan fingerprint density at radius 1 is 1.18 bits per heavy atom. The van der Waals surface area contributed by atoms with Crippen molar-refractivity contribution < 1.29 is 19.1 Å². The van der Waals surface area contributed by atoms with Crippen molar-refractivity contribution in [3.8, 4) is 0 Å². The van der Waals surface area contributed by atoms with Crippen LogP contribution in [0.25, 0.3) is 0 Å². The van der Waals surface area contributed by atoms with Crippen molar-refractivity contribution in [2.24, 2.45) is 0 Å². The minimum Gasteiger partial charge on any atom is -0.481 e. The highest BCUT2D eigenvalue weighted by Crippen LogP contribution is 2.11. The smallest absolute Gasteiger partial charge is 0.305 e. The Labute approximate surface area is 127 Å². The highest BCUT2D eigenvalue weighted by atomic mass is 19.1. The van der Waals surface area contributed by atoms with Crippen molar-refractivity contribution in [1.29, 1.82) is 0 Å². The van der Waals surface area contributed by atoms with Gasteiger partial charge in [0.25, 0.3) is 5.91 Å². The normalized spacial score (nSPS) is 10.2. The van der Waals surface area contributed by atoms with Gasteiger partial charge in [0.1, 0.15) is 5.82 Å². The van der Waals surface area contributed by atoms with Crippen LogP contribution in [0.4, 0.5) is 4.39 Å². The highest BCUT2D eigenvalue weighted by molar-refractivity contribution is 5.94. The maximum Gasteiger partial charge on any atom is 0.305 e. The number of aromatic nitrogens is 1. The molecule has 6 heteroatoms. The topological polar surface area (TPSA) is 70.5 Å². The number of carboxylic acids is 1. The lowest BCUT2D eigenvalue weighted by Gasteiger charge is -2.22. The van der Waals surface area contributed by atoms with E-state index < -0.39 is 11.8 Å². The summed E-state index contributed by atoms with van der Waals surface area (Å²) in [7, 11) is 0. The van der Waals surface area contributed by atoms with Crippen molar-refractivity contribution in [3.05, 3.63) is 65.7 Å². The van der Waals surface area contributed by atoms with Crippen molar-refractivity contribution in [1.82, 2.24) is 9.88 Å². The molecule has 0 saturated carbocycles. The van der Waals surface area contributed by atoms with Crippen LogP contribution in [0.3, 0.4) is 0 Å². The number of carboxylic acid groups (broad SMARTS) is 1. The number of halogens is 1. The summed E-state index contributed by atoms with van der Waals surface area (Å²) < 4.78 is 12.9. The Kier molecular flexibility index (Phi) is 5.19. The van der Waals surface area contributed by atoms with Crippen LogP contribution in [0.15, 0.2) is 48.8 Å². The van der Waals surface area contributed by atoms with Crippen LogP contribution < -0.4 is 0 Å². The minimum absolute atomic E-state index is 0.0699. The van der Waals surface area contributed by atoms with E-state index in [-0.39, 0.29) is 25.4 Å². The Morgan fingerprint density at radius 3 is 2.50 bits per heavy atom. The lowest BCUT2D eigenvalue weighted by molar-refractivity contribution is -0.137. The fraction of sp³-hybridized carbons (Fsp3) is 0.188. The molecule has 0 saturated heterocycles. The van der Waals surface area contributed by atoms with E-state index in [9.17, 15) is 14.0 Å². The quantitative estimate of drug-likeness (QED) is 0.889. The second-order valence-corrected chi connectivity index (χ2v) is 4.74. The minimum atomic E-state index is -0.983. The summed E-state index contributed by atoms with van der Waals surface area (Å²) in [5.74, 6) is -1.76. The van der Waals surface area contributed by atoms with Gasteiger partial charge in [0.15, 0.2) is 0 Å². The molecule has 0 fully saturated rings. The van der Waals surface area contributed by atoms with Gasteiger partial charge in [0.2, 0.25) is 0 Å². The third-order valence-corrected chi connectivity index (χ3v) is 3.07. The van der Waals surface area contributed by atoms with E-state index in [4.69, 9.17) is 5.11 Å². The van der Waals surface area contributed by atoms with Gasteiger partial charge in [-0.1, -0.05) is 6.07 Å². The Hall–Kier alpha value is -2.76. The largest absolute Gasteiger partial charge is 0.481 e. The van der Waals surface area contributed by atoms with E-state index in [2.05, 4.69) is 4.98 Å². The van der Waals surface area contributed by atoms with Crippen molar-refractivity contribution in [2.45, 2.75) is 13.0 Å². The molecule has 0 aliphatic heterocycles. The molecule has 114 valence electrons. The predicted molar refractivity (Wildman–Crippen MR) is 77.6 cm³/mol. The van der Waals surface area contributed by atoms with Gasteiger partial charge in [0, 0.05) is 31.0 Å². The summed E-state index contributed by atoms with van der Waals surface area (Å²) in [5.41, 5.74) is 1.11. The molecule has 2 rings (SSSR count). The number of carbonyl (C=O) groups is 2. The van der Waals surface area contributed by atoms with Crippen LogP contribution in [0.5, 0.6) is 0 Å². The van der Waals surface area contributed by atoms with Crippen LogP contribution in [0.1, 0.15) is 22.3 Å². The van der Waals surface area contributed by atoms with Crippen molar-refractivity contribution in [2.75, 3.05) is 6.54 Å². The number of aliphatic carboxylic acids is 1. The van der Waals surface area contributed by atoms with E-state index in [0.717, 1.165) is 5.56 Å². The van der Waals surface area contributed by atoms with Gasteiger partial charge in [-0.15, -0.1) is 0 Å². The molecule has 0 unspecified atom stereocenters. The first-order valence-electron chi connectivity index (χ1n) is 6.72. The molecule has 1 N–H and O–H groups in total. The molecule has 0 bridgehead atoms. The highest BCUT2D eigenvalue weighted by Gasteiger charge is 2.17. The maximum absolute atomic E-state index is 12.9. The molecule has 0 aliphatic carbocycles. The number of carbonyl (C=O) groups excluding carboxylic acids is 1. The molecule has 1 aromatic heterocycles. The third kappa shape index (κ3) is 4.37. The molecule has 0 spiro atoms. The summed E-state index contributed by atoms with van der Waals surface area (Å²) in [4.78, 5) is 28.6. The van der Waals surface area contributed by atoms with Gasteiger partial charge in [-0.3, -0.25) is 14.6 Å². The zero-order chi connectivity index (χ0) is 15.9. The molecular formula is C16H15FN2O3. The second kappa shape index (κ2) is 7.31. The van der Waals surface area contributed by atoms with Gasteiger partial charge < -0.3 is 10.0 Å². The van der Waals surface area contributed by atoms with Crippen molar-refractivity contribution >= 4 is 11.9 Å². The molecular weight excluding hydrogens is 287 g/mol. The standard InChI is InChI=1S/C16H15FN2O3/c17-14-5-3-13(4-6-14)16(22)19(9-7-15(20)21)11-12-2-1-8-18-10-12/h1-6,8,10H,7,9,11H2,(H,20,21). The van der Waals surface area contributed by atoms with E-state index >= 15 is 0 Å². The van der Waals surface area contributed by atoms with Gasteiger partial charge in [-0.25, -0.2) is 4.39 Å². The van der Waals surface area contributed by atoms with Crippen LogP contribution in [0.2, 0.25) is 0 Å². The fourth-order valence-corrected chi connectivity index (χ4v) is 1.97. The molecule has 0 radical (unpaired) electrons. The molecule has 22 heavy (non-hydrogen) atoms. The summed E-state index contributed by atoms with van der Waals surface area (Å²) in [6, 6.07) is 8.72. The number of benzene rings is 1. The Bertz CT molecular complexity index is 644. The number of hydrogen-bond donors (Lipinski definition) is 1. The molecule has 1 amide bonds. The van der Waals surface area contributed by atoms with Crippen LogP contribution in [-0.2, 0) is 11.3 Å². The summed E-state index contributed by atoms with van der Waals surface area (Å²) in [6.45, 7) is 0.317. The zero-order valence-electron chi connectivity index (χ0n) is 11.8. The van der Waals surface area contributed by atoms with Crippen LogP contribution >= 0.6 is 0 Å². The number of nitrogens with zero attached hydrogens (tertiary/aromatic N) is 2. The summed E-state index contributed by atoms with van der Waals surface area (Å²) >= 11 is 0. The molecule has 5 nitrogen and oxygen atoms in total. The second-order valence-electron chi connectivity index (χ2n) is 4.74. The van der Waals surface area contributed by atoms with Gasteiger partial charge in [-0.2, -0.15) is 0 Å². The summed E-state index contributed by atoms with van der Waals surface area (Å²) in [6.07, 6.45) is 3.08. The number of rotatable bonds is 6. The SMILES string of the molecule is O=C(O)CCN(Cc1cccnc1)C(=O)c1ccc(F)cc1. The molecule has 1 aromatic carbocycles. The molecule has 0 aliphatic rings. The van der Waals surface area contributed by atoms with Gasteiger partial charge in [-0.05, 0) is 35.9 Å². The van der Waals surface area contributed by atoms with Crippen LogP contribution in [-0.4, -0.2) is 33.4 Å². The summed E-state index contributed by atoms with van der Waals surface area (Å²) in [5, 5.41) is 8.82. The number of amides is 1. The first kappa shape index (κ1) is 15.6. The van der Waals surface area contributed by atoms with Gasteiger partial charge >= 0.3 is 5.97 Å².